The maximum atomic E-state index is 15.0. The Balaban J connectivity index is 1.78. The number of nitrogens with one attached hydrogen (secondary N) is 2. The largest absolute Gasteiger partial charge is 0.345 e. The van der Waals surface area contributed by atoms with Gasteiger partial charge in [0.15, 0.2) is 10.8 Å². The Bertz CT molecular complexity index is 1390. The van der Waals surface area contributed by atoms with Crippen LogP contribution in [0.15, 0.2) is 60.0 Å². The molecule has 0 aliphatic carbocycles. The SMILES string of the molecule is O=C(c1c(F)ccc(NS(=O)(=O)c2ccccn2)c1F)c1c[nH]c2ncc(Cl)cc12. The summed E-state index contributed by atoms with van der Waals surface area (Å²) in [5, 5.41) is 0.138. The summed E-state index contributed by atoms with van der Waals surface area (Å²) in [4.78, 5) is 23.3. The van der Waals surface area contributed by atoms with E-state index in [-0.39, 0.29) is 21.0 Å². The number of carbonyl (C=O) groups excluding carboxylic acids is 1. The van der Waals surface area contributed by atoms with Crippen LogP contribution >= 0.6 is 11.6 Å². The molecule has 0 aliphatic rings. The molecule has 0 bridgehead atoms. The molecule has 0 fully saturated rings. The molecule has 3 heterocycles. The van der Waals surface area contributed by atoms with Crippen molar-refractivity contribution in [2.45, 2.75) is 5.03 Å². The third-order valence-electron chi connectivity index (χ3n) is 4.22. The fourth-order valence-corrected chi connectivity index (χ4v) is 4.01. The predicted octanol–water partition coefficient (Wildman–Crippen LogP) is 3.92. The zero-order chi connectivity index (χ0) is 21.5. The number of H-pyrrole nitrogens is 1. The van der Waals surface area contributed by atoms with Crippen LogP contribution in [0.1, 0.15) is 15.9 Å². The molecule has 7 nitrogen and oxygen atoms in total. The average Bonchev–Trinajstić information content (AvgIpc) is 3.14. The standard InChI is InChI=1S/C19H11ClF2N4O3S/c20-10-7-11-12(9-25-19(11)24-8-10)18(27)16-13(21)4-5-14(17(16)22)26-30(28,29)15-3-1-2-6-23-15/h1-9,26H,(H,24,25). The van der Waals surface area contributed by atoms with Crippen molar-refractivity contribution >= 4 is 44.1 Å². The quantitative estimate of drug-likeness (QED) is 0.450. The van der Waals surface area contributed by atoms with Gasteiger partial charge in [-0.3, -0.25) is 9.52 Å². The van der Waals surface area contributed by atoms with Gasteiger partial charge in [0.2, 0.25) is 5.78 Å². The Labute approximate surface area is 173 Å². The van der Waals surface area contributed by atoms with Crippen LogP contribution in [-0.2, 0) is 10.0 Å². The highest BCUT2D eigenvalue weighted by Crippen LogP contribution is 2.28. The summed E-state index contributed by atoms with van der Waals surface area (Å²) in [5.41, 5.74) is -1.28. The molecule has 11 heteroatoms. The second-order valence-corrected chi connectivity index (χ2v) is 8.20. The van der Waals surface area contributed by atoms with Crippen molar-refractivity contribution in [1.82, 2.24) is 15.0 Å². The lowest BCUT2D eigenvalue weighted by Gasteiger charge is -2.11. The van der Waals surface area contributed by atoms with E-state index in [1.807, 2.05) is 4.72 Å². The van der Waals surface area contributed by atoms with Gasteiger partial charge >= 0.3 is 0 Å². The molecule has 0 atom stereocenters. The number of sulfonamides is 1. The first kappa shape index (κ1) is 19.9. The summed E-state index contributed by atoms with van der Waals surface area (Å²) in [6.07, 6.45) is 3.85. The van der Waals surface area contributed by atoms with Crippen molar-refractivity contribution in [3.8, 4) is 0 Å². The molecule has 0 unspecified atom stereocenters. The summed E-state index contributed by atoms with van der Waals surface area (Å²) < 4.78 is 56.3. The fraction of sp³-hybridized carbons (Fsp3) is 0. The number of benzene rings is 1. The predicted molar refractivity (Wildman–Crippen MR) is 106 cm³/mol. The van der Waals surface area contributed by atoms with Crippen molar-refractivity contribution in [3.05, 3.63) is 82.8 Å². The third kappa shape index (κ3) is 3.51. The first-order valence-electron chi connectivity index (χ1n) is 8.37. The Morgan fingerprint density at radius 1 is 1.13 bits per heavy atom. The Kier molecular flexibility index (Phi) is 4.96. The highest BCUT2D eigenvalue weighted by molar-refractivity contribution is 7.92. The molecule has 152 valence electrons. The highest BCUT2D eigenvalue weighted by Gasteiger charge is 2.26. The maximum Gasteiger partial charge on any atom is 0.279 e. The number of hydrogen-bond donors (Lipinski definition) is 2. The zero-order valence-electron chi connectivity index (χ0n) is 14.9. The second-order valence-electron chi connectivity index (χ2n) is 6.14. The number of fused-ring (bicyclic) bond motifs is 1. The molecular formula is C19H11ClF2N4O3S. The second kappa shape index (κ2) is 7.47. The van der Waals surface area contributed by atoms with Gasteiger partial charge in [-0.2, -0.15) is 8.42 Å². The monoisotopic (exact) mass is 448 g/mol. The normalized spacial score (nSPS) is 11.6. The number of anilines is 1. The Hall–Kier alpha value is -3.37. The lowest BCUT2D eigenvalue weighted by atomic mass is 10.0. The summed E-state index contributed by atoms with van der Waals surface area (Å²) >= 11 is 5.90. The number of halogens is 3. The van der Waals surface area contributed by atoms with Gasteiger partial charge in [0.05, 0.1) is 16.3 Å². The minimum absolute atomic E-state index is 0.0671. The first-order chi connectivity index (χ1) is 14.3. The van der Waals surface area contributed by atoms with Gasteiger partial charge in [-0.15, -0.1) is 0 Å². The molecule has 4 rings (SSSR count). The van der Waals surface area contributed by atoms with E-state index in [0.717, 1.165) is 12.1 Å². The van der Waals surface area contributed by atoms with Crippen LogP contribution in [0.4, 0.5) is 14.5 Å². The maximum absolute atomic E-state index is 15.0. The average molecular weight is 449 g/mol. The number of rotatable bonds is 5. The van der Waals surface area contributed by atoms with Crippen molar-refractivity contribution < 1.29 is 22.0 Å². The Morgan fingerprint density at radius 2 is 1.93 bits per heavy atom. The zero-order valence-corrected chi connectivity index (χ0v) is 16.4. The molecular weight excluding hydrogens is 438 g/mol. The molecule has 0 aliphatic heterocycles. The molecule has 30 heavy (non-hydrogen) atoms. The molecule has 2 N–H and O–H groups in total. The van der Waals surface area contributed by atoms with Crippen molar-refractivity contribution in [3.63, 3.8) is 0 Å². The minimum atomic E-state index is -4.25. The van der Waals surface area contributed by atoms with Gasteiger partial charge in [0.25, 0.3) is 10.0 Å². The third-order valence-corrected chi connectivity index (χ3v) is 5.71. The van der Waals surface area contributed by atoms with Crippen LogP contribution in [0.25, 0.3) is 11.0 Å². The van der Waals surface area contributed by atoms with Crippen LogP contribution in [0.2, 0.25) is 5.02 Å². The van der Waals surface area contributed by atoms with E-state index in [4.69, 9.17) is 11.6 Å². The van der Waals surface area contributed by atoms with Crippen LogP contribution in [0, 0.1) is 11.6 Å². The lowest BCUT2D eigenvalue weighted by molar-refractivity contribution is 0.103. The number of ketones is 1. The molecule has 0 radical (unpaired) electrons. The molecule has 3 aromatic heterocycles. The van der Waals surface area contributed by atoms with Crippen LogP contribution in [0.3, 0.4) is 0 Å². The number of aromatic amines is 1. The van der Waals surface area contributed by atoms with E-state index >= 15 is 4.39 Å². The summed E-state index contributed by atoms with van der Waals surface area (Å²) in [7, 11) is -4.25. The first-order valence-corrected chi connectivity index (χ1v) is 10.2. The smallest absolute Gasteiger partial charge is 0.279 e. The van der Waals surface area contributed by atoms with Crippen LogP contribution in [-0.4, -0.2) is 29.2 Å². The molecule has 0 spiro atoms. The van der Waals surface area contributed by atoms with Crippen molar-refractivity contribution in [1.29, 1.82) is 0 Å². The summed E-state index contributed by atoms with van der Waals surface area (Å²) in [5.74, 6) is -3.51. The molecule has 4 aromatic rings. The van der Waals surface area contributed by atoms with Gasteiger partial charge in [0.1, 0.15) is 11.5 Å². The number of aromatic nitrogens is 3. The number of carbonyl (C=O) groups is 1. The van der Waals surface area contributed by atoms with Gasteiger partial charge < -0.3 is 4.98 Å². The molecule has 0 amide bonds. The minimum Gasteiger partial charge on any atom is -0.345 e. The van der Waals surface area contributed by atoms with Gasteiger partial charge in [0, 0.05) is 29.5 Å². The summed E-state index contributed by atoms with van der Waals surface area (Å²) in [6.45, 7) is 0. The van der Waals surface area contributed by atoms with Crippen LogP contribution < -0.4 is 4.72 Å². The summed E-state index contributed by atoms with van der Waals surface area (Å²) in [6, 6.07) is 7.27. The fourth-order valence-electron chi connectivity index (χ4n) is 2.84. The Morgan fingerprint density at radius 3 is 2.67 bits per heavy atom. The highest BCUT2D eigenvalue weighted by atomic mass is 35.5. The molecule has 1 aromatic carbocycles. The van der Waals surface area contributed by atoms with E-state index in [0.29, 0.717) is 5.65 Å². The van der Waals surface area contributed by atoms with Gasteiger partial charge in [-0.05, 0) is 30.3 Å². The topological polar surface area (TPSA) is 105 Å². The van der Waals surface area contributed by atoms with Crippen LogP contribution in [0.5, 0.6) is 0 Å². The van der Waals surface area contributed by atoms with Gasteiger partial charge in [-0.1, -0.05) is 17.7 Å². The lowest BCUT2D eigenvalue weighted by Crippen LogP contribution is -2.17. The number of pyridine rings is 2. The number of hydrogen-bond acceptors (Lipinski definition) is 5. The molecule has 0 saturated heterocycles. The van der Waals surface area contributed by atoms with Crippen molar-refractivity contribution in [2.75, 3.05) is 4.72 Å². The van der Waals surface area contributed by atoms with E-state index in [1.165, 1.54) is 42.9 Å². The van der Waals surface area contributed by atoms with E-state index in [2.05, 4.69) is 15.0 Å². The number of nitrogens with zero attached hydrogens (tertiary/aromatic N) is 2. The van der Waals surface area contributed by atoms with E-state index < -0.39 is 38.7 Å². The molecule has 0 saturated carbocycles. The van der Waals surface area contributed by atoms with Gasteiger partial charge in [-0.25, -0.2) is 18.7 Å². The van der Waals surface area contributed by atoms with Crippen molar-refractivity contribution in [2.24, 2.45) is 0 Å². The van der Waals surface area contributed by atoms with E-state index in [9.17, 15) is 17.6 Å². The van der Waals surface area contributed by atoms with E-state index in [1.54, 1.807) is 0 Å².